The molecule has 0 aliphatic carbocycles. The fraction of sp³-hybridized carbons (Fsp3) is 0. The van der Waals surface area contributed by atoms with Crippen LogP contribution in [0.15, 0.2) is 51.7 Å². The Morgan fingerprint density at radius 1 is 1.04 bits per heavy atom. The number of H-pyrrole nitrogens is 1. The maximum Gasteiger partial charge on any atom is 0.290 e. The highest BCUT2D eigenvalue weighted by atomic mass is 79.9. The molecule has 0 unspecified atom stereocenters. The molecule has 9 heteroatoms. The highest BCUT2D eigenvalue weighted by Crippen LogP contribution is 2.15. The van der Waals surface area contributed by atoms with Crippen molar-refractivity contribution in [3.8, 4) is 0 Å². The number of carbonyl (C=O) groups excluding carboxylic acids is 2. The van der Waals surface area contributed by atoms with Gasteiger partial charge in [0.05, 0.1) is 10.9 Å². The average Bonchev–Trinajstić information content (AvgIpc) is 2.62. The molecule has 0 aliphatic rings. The molecule has 0 bridgehead atoms. The Balaban J connectivity index is 1.82. The van der Waals surface area contributed by atoms with E-state index in [2.05, 4.69) is 37.0 Å². The molecule has 25 heavy (non-hydrogen) atoms. The van der Waals surface area contributed by atoms with Crippen LogP contribution in [0.4, 0.5) is 4.39 Å². The van der Waals surface area contributed by atoms with Gasteiger partial charge in [-0.1, -0.05) is 34.1 Å². The van der Waals surface area contributed by atoms with Crippen molar-refractivity contribution in [1.82, 2.24) is 21.0 Å². The van der Waals surface area contributed by atoms with E-state index in [4.69, 9.17) is 0 Å². The predicted molar refractivity (Wildman–Crippen MR) is 91.4 cm³/mol. The first-order valence-electron chi connectivity index (χ1n) is 7.00. The number of aromatic amines is 1. The molecular weight excluding hydrogens is 395 g/mol. The second-order valence-electron chi connectivity index (χ2n) is 4.98. The number of halogens is 2. The van der Waals surface area contributed by atoms with Crippen LogP contribution in [0, 0.1) is 5.82 Å². The summed E-state index contributed by atoms with van der Waals surface area (Å²) in [5.41, 5.74) is 3.51. The number of benzene rings is 2. The summed E-state index contributed by atoms with van der Waals surface area (Å²) in [4.78, 5) is 36.0. The summed E-state index contributed by atoms with van der Waals surface area (Å²) in [6.07, 6.45) is 0. The zero-order valence-corrected chi connectivity index (χ0v) is 14.1. The Labute approximate surface area is 148 Å². The lowest BCUT2D eigenvalue weighted by molar-refractivity contribution is 0.0842. The first-order valence-corrected chi connectivity index (χ1v) is 7.80. The Morgan fingerprint density at radius 3 is 2.48 bits per heavy atom. The third-order valence-electron chi connectivity index (χ3n) is 3.37. The maximum absolute atomic E-state index is 13.7. The van der Waals surface area contributed by atoms with Crippen LogP contribution >= 0.6 is 15.9 Å². The number of nitrogens with one attached hydrogen (secondary N) is 3. The largest absolute Gasteiger partial charge is 0.290 e. The Kier molecular flexibility index (Phi) is 4.57. The van der Waals surface area contributed by atoms with Crippen molar-refractivity contribution < 1.29 is 14.0 Å². The van der Waals surface area contributed by atoms with Gasteiger partial charge in [0.25, 0.3) is 17.4 Å². The number of aromatic nitrogens is 2. The highest BCUT2D eigenvalue weighted by Gasteiger charge is 2.17. The van der Waals surface area contributed by atoms with Gasteiger partial charge in [-0.3, -0.25) is 25.2 Å². The third kappa shape index (κ3) is 3.41. The van der Waals surface area contributed by atoms with Gasteiger partial charge in [0.15, 0.2) is 5.69 Å². The Hall–Kier alpha value is -3.07. The summed E-state index contributed by atoms with van der Waals surface area (Å²) in [5, 5.41) is 6.53. The molecule has 1 aromatic heterocycles. The number of amides is 2. The normalized spacial score (nSPS) is 10.5. The molecule has 3 rings (SSSR count). The molecule has 2 aromatic carbocycles. The Morgan fingerprint density at radius 2 is 1.72 bits per heavy atom. The van der Waals surface area contributed by atoms with Crippen molar-refractivity contribution in [2.75, 3.05) is 0 Å². The van der Waals surface area contributed by atoms with Gasteiger partial charge in [-0.2, -0.15) is 5.10 Å². The van der Waals surface area contributed by atoms with Crippen LogP contribution in [0.1, 0.15) is 20.8 Å². The van der Waals surface area contributed by atoms with Crippen LogP contribution < -0.4 is 16.4 Å². The van der Waals surface area contributed by atoms with Gasteiger partial charge in [-0.05, 0) is 24.3 Å². The van der Waals surface area contributed by atoms with E-state index in [1.165, 1.54) is 12.1 Å². The molecule has 0 saturated heterocycles. The molecule has 0 spiro atoms. The van der Waals surface area contributed by atoms with Crippen molar-refractivity contribution in [3.05, 3.63) is 74.4 Å². The monoisotopic (exact) mass is 404 g/mol. The molecule has 0 saturated carbocycles. The SMILES string of the molecule is O=C(NNC(=O)c1n[nH]c(=O)c2ccccc12)c1cc(Br)ccc1F. The quantitative estimate of drug-likeness (QED) is 0.567. The summed E-state index contributed by atoms with van der Waals surface area (Å²) in [7, 11) is 0. The topological polar surface area (TPSA) is 104 Å². The minimum atomic E-state index is -0.833. The number of hydrogen-bond donors (Lipinski definition) is 3. The van der Waals surface area contributed by atoms with Crippen molar-refractivity contribution in [2.45, 2.75) is 0 Å². The van der Waals surface area contributed by atoms with E-state index in [0.717, 1.165) is 6.07 Å². The lowest BCUT2D eigenvalue weighted by Gasteiger charge is -2.09. The van der Waals surface area contributed by atoms with Crippen LogP contribution in [-0.4, -0.2) is 22.0 Å². The van der Waals surface area contributed by atoms with Crippen LogP contribution in [0.3, 0.4) is 0 Å². The maximum atomic E-state index is 13.7. The van der Waals surface area contributed by atoms with Crippen LogP contribution in [0.25, 0.3) is 10.8 Å². The van der Waals surface area contributed by atoms with Crippen molar-refractivity contribution >= 4 is 38.5 Å². The van der Waals surface area contributed by atoms with Gasteiger partial charge >= 0.3 is 0 Å². The van der Waals surface area contributed by atoms with E-state index in [0.29, 0.717) is 9.86 Å². The van der Waals surface area contributed by atoms with Gasteiger partial charge in [-0.15, -0.1) is 0 Å². The molecule has 7 nitrogen and oxygen atoms in total. The van der Waals surface area contributed by atoms with Gasteiger partial charge < -0.3 is 0 Å². The average molecular weight is 405 g/mol. The molecule has 126 valence electrons. The number of nitrogens with zero attached hydrogens (tertiary/aromatic N) is 1. The second kappa shape index (κ2) is 6.81. The third-order valence-corrected chi connectivity index (χ3v) is 3.87. The summed E-state index contributed by atoms with van der Waals surface area (Å²) in [6.45, 7) is 0. The number of rotatable bonds is 2. The molecule has 0 atom stereocenters. The lowest BCUT2D eigenvalue weighted by atomic mass is 10.1. The van der Waals surface area contributed by atoms with Gasteiger partial charge in [-0.25, -0.2) is 9.49 Å². The van der Waals surface area contributed by atoms with Crippen molar-refractivity contribution in [2.24, 2.45) is 0 Å². The zero-order valence-electron chi connectivity index (χ0n) is 12.5. The van der Waals surface area contributed by atoms with E-state index >= 15 is 0 Å². The fourth-order valence-corrected chi connectivity index (χ4v) is 2.56. The lowest BCUT2D eigenvalue weighted by Crippen LogP contribution is -2.42. The van der Waals surface area contributed by atoms with Crippen LogP contribution in [0.5, 0.6) is 0 Å². The summed E-state index contributed by atoms with van der Waals surface area (Å²) >= 11 is 3.14. The number of carbonyl (C=O) groups is 2. The number of fused-ring (bicyclic) bond motifs is 1. The van der Waals surface area contributed by atoms with Gasteiger partial charge in [0.1, 0.15) is 5.82 Å². The summed E-state index contributed by atoms with van der Waals surface area (Å²) in [6, 6.07) is 10.3. The van der Waals surface area contributed by atoms with Crippen LogP contribution in [-0.2, 0) is 0 Å². The van der Waals surface area contributed by atoms with Gasteiger partial charge in [0, 0.05) is 9.86 Å². The smallest absolute Gasteiger partial charge is 0.267 e. The summed E-state index contributed by atoms with van der Waals surface area (Å²) in [5.74, 6) is -2.32. The van der Waals surface area contributed by atoms with Crippen LogP contribution in [0.2, 0.25) is 0 Å². The molecule has 3 aromatic rings. The van der Waals surface area contributed by atoms with E-state index in [9.17, 15) is 18.8 Å². The Bertz CT molecular complexity index is 1050. The first kappa shape index (κ1) is 16.8. The minimum Gasteiger partial charge on any atom is -0.267 e. The molecule has 0 fully saturated rings. The standard InChI is InChI=1S/C16H10BrFN4O3/c17-8-5-6-12(18)11(7-8)15(24)21-22-16(25)13-9-3-1-2-4-10(9)14(23)20-19-13/h1-7H,(H,20,23)(H,21,24)(H,22,25). The second-order valence-corrected chi connectivity index (χ2v) is 5.90. The molecule has 0 aliphatic heterocycles. The number of hydrazine groups is 1. The minimum absolute atomic E-state index is 0.0785. The molecule has 2 amide bonds. The predicted octanol–water partition coefficient (Wildman–Crippen LogP) is 1.90. The highest BCUT2D eigenvalue weighted by molar-refractivity contribution is 9.10. The van der Waals surface area contributed by atoms with Crippen molar-refractivity contribution in [1.29, 1.82) is 0 Å². The van der Waals surface area contributed by atoms with E-state index in [-0.39, 0.29) is 16.6 Å². The zero-order chi connectivity index (χ0) is 18.0. The van der Waals surface area contributed by atoms with E-state index in [1.54, 1.807) is 24.3 Å². The molecule has 1 heterocycles. The van der Waals surface area contributed by atoms with Crippen molar-refractivity contribution in [3.63, 3.8) is 0 Å². The molecule has 0 radical (unpaired) electrons. The first-order chi connectivity index (χ1) is 12.0. The van der Waals surface area contributed by atoms with Gasteiger partial charge in [0.2, 0.25) is 0 Å². The molecule has 3 N–H and O–H groups in total. The fourth-order valence-electron chi connectivity index (χ4n) is 2.20. The summed E-state index contributed by atoms with van der Waals surface area (Å²) < 4.78 is 14.2. The number of hydrogen-bond acceptors (Lipinski definition) is 4. The molecular formula is C16H10BrFN4O3. The van der Waals surface area contributed by atoms with E-state index in [1.807, 2.05) is 0 Å². The van der Waals surface area contributed by atoms with E-state index < -0.39 is 23.2 Å².